The Balaban J connectivity index is 1.48. The Hall–Kier alpha value is -3.55. The van der Waals surface area contributed by atoms with Gasteiger partial charge < -0.3 is 20.8 Å². The Morgan fingerprint density at radius 1 is 1.26 bits per heavy atom. The zero-order valence-electron chi connectivity index (χ0n) is 18.2. The summed E-state index contributed by atoms with van der Waals surface area (Å²) in [5.74, 6) is -1.50. The molecule has 0 aromatic carbocycles. The summed E-state index contributed by atoms with van der Waals surface area (Å²) in [7, 11) is 0. The molecule has 0 saturated heterocycles. The van der Waals surface area contributed by atoms with Crippen molar-refractivity contribution in [3.05, 3.63) is 42.2 Å². The Labute approximate surface area is 202 Å². The highest BCUT2D eigenvalue weighted by Gasteiger charge is 2.27. The van der Waals surface area contributed by atoms with Crippen LogP contribution in [0.1, 0.15) is 52.7 Å². The third kappa shape index (κ3) is 6.12. The molecule has 35 heavy (non-hydrogen) atoms. The second-order valence-electron chi connectivity index (χ2n) is 8.09. The summed E-state index contributed by atoms with van der Waals surface area (Å²) in [6.07, 6.45) is 3.01. The molecule has 3 aromatic rings. The van der Waals surface area contributed by atoms with Gasteiger partial charge in [0, 0.05) is 23.2 Å². The van der Waals surface area contributed by atoms with E-state index in [1.807, 2.05) is 0 Å². The van der Waals surface area contributed by atoms with Gasteiger partial charge in [-0.2, -0.15) is 30.9 Å². The van der Waals surface area contributed by atoms with Gasteiger partial charge in [0.05, 0.1) is 11.7 Å². The highest BCUT2D eigenvalue weighted by atomic mass is 32.1. The van der Waals surface area contributed by atoms with Gasteiger partial charge in [-0.3, -0.25) is 14.3 Å². The molecule has 0 radical (unpaired) electrons. The number of rotatable bonds is 7. The highest BCUT2D eigenvalue weighted by Crippen LogP contribution is 2.32. The molecule has 0 unspecified atom stereocenters. The molecule has 14 heteroatoms. The molecular formula is C21H22F3N7O3S. The molecule has 10 nitrogen and oxygen atoms in total. The van der Waals surface area contributed by atoms with Gasteiger partial charge in [0.2, 0.25) is 5.89 Å². The van der Waals surface area contributed by atoms with Gasteiger partial charge >= 0.3 is 6.18 Å². The van der Waals surface area contributed by atoms with Crippen LogP contribution in [0.15, 0.2) is 35.2 Å². The van der Waals surface area contributed by atoms with Crippen LogP contribution in [0.5, 0.6) is 0 Å². The van der Waals surface area contributed by atoms with Gasteiger partial charge in [-0.1, -0.05) is 0 Å². The summed E-state index contributed by atoms with van der Waals surface area (Å²) in [5.41, 5.74) is 5.71. The minimum absolute atomic E-state index is 0.00180. The first-order chi connectivity index (χ1) is 16.6. The summed E-state index contributed by atoms with van der Waals surface area (Å²) in [4.78, 5) is 32.6. The number of nitrogens with one attached hydrogen (secondary N) is 2. The van der Waals surface area contributed by atoms with Crippen LogP contribution in [0.3, 0.4) is 0 Å². The standard InChI is InChI=1S/C21H22F3N7O3S/c22-21(23,24)10-27-16-7-11(5-6-26-16)20-29-15(9-34-20)19(33)28-14-8-31(30-17(14)18(25)32)12-1-3-13(35)4-2-12/h5-9,12-13,35H,1-4,10H2,(H2,25,32)(H,26,27)(H,28,33)/t12-,13-. The van der Waals surface area contributed by atoms with Crippen molar-refractivity contribution in [3.8, 4) is 11.5 Å². The van der Waals surface area contributed by atoms with Crippen LogP contribution in [-0.4, -0.2) is 49.5 Å². The summed E-state index contributed by atoms with van der Waals surface area (Å²) in [6.45, 7) is -1.26. The smallest absolute Gasteiger partial charge is 0.405 e. The van der Waals surface area contributed by atoms with E-state index >= 15 is 0 Å². The van der Waals surface area contributed by atoms with Gasteiger partial charge in [0.25, 0.3) is 11.8 Å². The number of pyridine rings is 1. The Kier molecular flexibility index (Phi) is 7.00. The van der Waals surface area contributed by atoms with Crippen LogP contribution in [0.4, 0.5) is 24.7 Å². The zero-order valence-corrected chi connectivity index (χ0v) is 19.1. The van der Waals surface area contributed by atoms with E-state index < -0.39 is 24.5 Å². The fourth-order valence-electron chi connectivity index (χ4n) is 3.72. The number of aromatic nitrogens is 4. The quantitative estimate of drug-likeness (QED) is 0.356. The molecule has 0 atom stereocenters. The maximum atomic E-state index is 12.8. The molecule has 2 amide bonds. The molecule has 0 spiro atoms. The van der Waals surface area contributed by atoms with Gasteiger partial charge in [-0.25, -0.2) is 9.97 Å². The van der Waals surface area contributed by atoms with E-state index in [4.69, 9.17) is 10.2 Å². The third-order valence-electron chi connectivity index (χ3n) is 5.47. The van der Waals surface area contributed by atoms with Gasteiger partial charge in [-0.05, 0) is 37.8 Å². The maximum Gasteiger partial charge on any atom is 0.405 e. The summed E-state index contributed by atoms with van der Waals surface area (Å²) in [6, 6.07) is 2.85. The van der Waals surface area contributed by atoms with Crippen molar-refractivity contribution in [2.75, 3.05) is 17.2 Å². The van der Waals surface area contributed by atoms with E-state index in [0.29, 0.717) is 10.8 Å². The van der Waals surface area contributed by atoms with Crippen molar-refractivity contribution in [1.29, 1.82) is 0 Å². The van der Waals surface area contributed by atoms with Gasteiger partial charge in [0.15, 0.2) is 11.4 Å². The number of thiol groups is 1. The molecule has 186 valence electrons. The molecule has 1 aliphatic carbocycles. The maximum absolute atomic E-state index is 12.8. The first-order valence-corrected chi connectivity index (χ1v) is 11.2. The minimum Gasteiger partial charge on any atom is -0.444 e. The Bertz CT molecular complexity index is 1220. The number of anilines is 2. The lowest BCUT2D eigenvalue weighted by atomic mass is 9.95. The second-order valence-corrected chi connectivity index (χ2v) is 8.82. The topological polar surface area (TPSA) is 141 Å². The molecular weight excluding hydrogens is 487 g/mol. The lowest BCUT2D eigenvalue weighted by Crippen LogP contribution is -2.21. The Morgan fingerprint density at radius 3 is 2.69 bits per heavy atom. The molecule has 0 bridgehead atoms. The van der Waals surface area contributed by atoms with Crippen molar-refractivity contribution < 1.29 is 27.2 Å². The zero-order chi connectivity index (χ0) is 25.2. The number of carbonyl (C=O) groups is 2. The number of amides is 2. The van der Waals surface area contributed by atoms with E-state index in [2.05, 4.69) is 38.3 Å². The summed E-state index contributed by atoms with van der Waals surface area (Å²) >= 11 is 4.49. The van der Waals surface area contributed by atoms with Crippen LogP contribution in [0.2, 0.25) is 0 Å². The largest absolute Gasteiger partial charge is 0.444 e. The number of carbonyl (C=O) groups excluding carboxylic acids is 2. The van der Waals surface area contributed by atoms with Crippen LogP contribution in [0, 0.1) is 0 Å². The Morgan fingerprint density at radius 2 is 2.00 bits per heavy atom. The SMILES string of the molecule is NC(=O)c1nn([C@H]2CC[C@H](S)CC2)cc1NC(=O)c1coc(-c2ccnc(NCC(F)(F)F)c2)n1. The number of hydrogen-bond donors (Lipinski definition) is 4. The van der Waals surface area contributed by atoms with E-state index in [1.165, 1.54) is 18.3 Å². The molecule has 1 fully saturated rings. The minimum atomic E-state index is -4.41. The number of nitrogens with zero attached hydrogens (tertiary/aromatic N) is 4. The van der Waals surface area contributed by atoms with E-state index in [-0.39, 0.29) is 34.8 Å². The first-order valence-electron chi connectivity index (χ1n) is 10.7. The van der Waals surface area contributed by atoms with Crippen molar-refractivity contribution in [2.45, 2.75) is 43.2 Å². The second kappa shape index (κ2) is 9.98. The van der Waals surface area contributed by atoms with E-state index in [0.717, 1.165) is 31.9 Å². The molecule has 4 N–H and O–H groups in total. The van der Waals surface area contributed by atoms with E-state index in [9.17, 15) is 22.8 Å². The molecule has 1 aliphatic rings. The van der Waals surface area contributed by atoms with E-state index in [1.54, 1.807) is 10.9 Å². The number of nitrogens with two attached hydrogens (primary N) is 1. The van der Waals surface area contributed by atoms with Crippen molar-refractivity contribution in [2.24, 2.45) is 5.73 Å². The lowest BCUT2D eigenvalue weighted by Gasteiger charge is -2.25. The van der Waals surface area contributed by atoms with Crippen LogP contribution < -0.4 is 16.4 Å². The van der Waals surface area contributed by atoms with Gasteiger partial charge in [-0.15, -0.1) is 0 Å². The van der Waals surface area contributed by atoms with Gasteiger partial charge in [0.1, 0.15) is 18.6 Å². The van der Waals surface area contributed by atoms with Crippen molar-refractivity contribution >= 4 is 35.9 Å². The number of oxazole rings is 1. The number of halogens is 3. The molecule has 4 rings (SSSR count). The average Bonchev–Trinajstić information content (AvgIpc) is 3.46. The van der Waals surface area contributed by atoms with Crippen molar-refractivity contribution in [3.63, 3.8) is 0 Å². The first kappa shape index (κ1) is 24.6. The molecule has 0 aliphatic heterocycles. The normalized spacial score (nSPS) is 18.3. The third-order valence-corrected chi connectivity index (χ3v) is 5.98. The number of alkyl halides is 3. The lowest BCUT2D eigenvalue weighted by molar-refractivity contribution is -0.115. The molecule has 1 saturated carbocycles. The van der Waals surface area contributed by atoms with Crippen LogP contribution in [0.25, 0.3) is 11.5 Å². The van der Waals surface area contributed by atoms with Crippen LogP contribution in [-0.2, 0) is 0 Å². The predicted molar refractivity (Wildman–Crippen MR) is 123 cm³/mol. The average molecular weight is 510 g/mol. The summed E-state index contributed by atoms with van der Waals surface area (Å²) in [5, 5.41) is 9.34. The molecule has 3 heterocycles. The monoisotopic (exact) mass is 509 g/mol. The van der Waals surface area contributed by atoms with Crippen LogP contribution >= 0.6 is 12.6 Å². The fraction of sp³-hybridized carbons (Fsp3) is 0.381. The predicted octanol–water partition coefficient (Wildman–Crippen LogP) is 3.67. The fourth-order valence-corrected chi connectivity index (χ4v) is 4.02. The summed E-state index contributed by atoms with van der Waals surface area (Å²) < 4.78 is 44.3. The van der Waals surface area contributed by atoms with Crippen molar-refractivity contribution in [1.82, 2.24) is 19.7 Å². The highest BCUT2D eigenvalue weighted by molar-refractivity contribution is 7.80. The molecule has 3 aromatic heterocycles. The number of primary amides is 1. The number of hydrogen-bond acceptors (Lipinski definition) is 8.